The predicted octanol–water partition coefficient (Wildman–Crippen LogP) is 2.49. The van der Waals surface area contributed by atoms with E-state index < -0.39 is 48.2 Å². The molecule has 1 amide bonds. The molecule has 0 aliphatic carbocycles. The van der Waals surface area contributed by atoms with Crippen LogP contribution >= 0.6 is 0 Å². The van der Waals surface area contributed by atoms with Crippen molar-refractivity contribution in [3.05, 3.63) is 29.8 Å². The monoisotopic (exact) mass is 317 g/mol. The van der Waals surface area contributed by atoms with Crippen molar-refractivity contribution in [2.24, 2.45) is 0 Å². The van der Waals surface area contributed by atoms with Gasteiger partial charge in [0.05, 0.1) is 4.90 Å². The highest BCUT2D eigenvalue weighted by atomic mass is 32.2. The van der Waals surface area contributed by atoms with Crippen LogP contribution in [-0.4, -0.2) is 32.2 Å². The Morgan fingerprint density at radius 3 is 2.71 bits per heavy atom. The van der Waals surface area contributed by atoms with Crippen LogP contribution in [0.25, 0.3) is 0 Å². The van der Waals surface area contributed by atoms with Gasteiger partial charge < -0.3 is 4.74 Å². The molecule has 21 heavy (non-hydrogen) atoms. The molecule has 1 saturated heterocycles. The minimum absolute atomic E-state index is 0. The molecule has 1 atom stereocenters. The number of carbonyl (C=O) groups is 1. The van der Waals surface area contributed by atoms with Gasteiger partial charge in [0.2, 0.25) is 0 Å². The average molecular weight is 317 g/mol. The number of amides is 1. The zero-order valence-electron chi connectivity index (χ0n) is 14.4. The van der Waals surface area contributed by atoms with Crippen molar-refractivity contribution in [2.45, 2.75) is 44.3 Å². The normalized spacial score (nSPS) is 31.9. The summed E-state index contributed by atoms with van der Waals surface area (Å²) in [6, 6.07) is 5.49. The van der Waals surface area contributed by atoms with Gasteiger partial charge in [-0.25, -0.2) is 8.98 Å². The summed E-state index contributed by atoms with van der Waals surface area (Å²) in [7, 11) is -4.34. The largest absolute Gasteiger partial charge is 0.444 e. The Morgan fingerprint density at radius 1 is 1.29 bits per heavy atom. The number of nitrogens with zero attached hydrogens (tertiary/aromatic N) is 1. The number of rotatable bonds is 0. The summed E-state index contributed by atoms with van der Waals surface area (Å²) >= 11 is 0. The van der Waals surface area contributed by atoms with Gasteiger partial charge in [0.15, 0.2) is 6.23 Å². The van der Waals surface area contributed by atoms with E-state index in [0.717, 1.165) is 0 Å². The maximum atomic E-state index is 12.4. The van der Waals surface area contributed by atoms with Gasteiger partial charge in [0.25, 0.3) is 10.1 Å². The first-order chi connectivity index (χ1) is 11.0. The molecular formula is C14H19NO5S. The number of piperidine rings is 1. The molecule has 1 fully saturated rings. The number of benzene rings is 1. The molecule has 1 unspecified atom stereocenters. The van der Waals surface area contributed by atoms with E-state index >= 15 is 0 Å². The molecule has 0 aromatic heterocycles. The van der Waals surface area contributed by atoms with E-state index in [1.54, 1.807) is 0 Å². The average Bonchev–Trinajstić information content (AvgIpc) is 2.48. The number of ether oxygens (including phenoxy) is 1. The van der Waals surface area contributed by atoms with Crippen LogP contribution in [0.3, 0.4) is 0 Å². The highest BCUT2D eigenvalue weighted by Gasteiger charge is 2.33. The van der Waals surface area contributed by atoms with Crippen LogP contribution in [0.2, 0.25) is 0 Å². The number of hydrogen-bond donors (Lipinski definition) is 0. The van der Waals surface area contributed by atoms with Crippen LogP contribution in [-0.2, 0) is 25.6 Å². The van der Waals surface area contributed by atoms with E-state index in [0.29, 0.717) is 10.5 Å². The minimum atomic E-state index is -4.34. The Hall–Kier alpha value is -1.60. The third-order valence-electron chi connectivity index (χ3n) is 2.99. The van der Waals surface area contributed by atoms with Crippen molar-refractivity contribution < 1.29 is 27.6 Å². The molecule has 0 N–H and O–H groups in total. The van der Waals surface area contributed by atoms with Crippen LogP contribution in [0, 0.1) is 0 Å². The molecule has 3 aliphatic heterocycles. The van der Waals surface area contributed by atoms with E-state index in [1.807, 2.05) is 0 Å². The summed E-state index contributed by atoms with van der Waals surface area (Å²) in [5.41, 5.74) is 0.545. The molecule has 6 nitrogen and oxygen atoms in total. The second-order valence-electron chi connectivity index (χ2n) is 4.36. The van der Waals surface area contributed by atoms with Gasteiger partial charge in [0.1, 0.15) is 6.61 Å². The fourth-order valence-electron chi connectivity index (χ4n) is 1.93. The Bertz CT molecular complexity index is 766. The van der Waals surface area contributed by atoms with Gasteiger partial charge in [-0.1, -0.05) is 19.6 Å². The van der Waals surface area contributed by atoms with Crippen LogP contribution in [0.1, 0.15) is 37.6 Å². The SMILES string of the molecule is C.[2H]C1([2H])CN2C(=O)OCc3ccc(cc3)S(=O)(=O)OC2C([2H])([2H])C1. The fraction of sp³-hybridized carbons (Fsp3) is 0.500. The van der Waals surface area contributed by atoms with Crippen molar-refractivity contribution in [3.8, 4) is 0 Å². The van der Waals surface area contributed by atoms with Gasteiger partial charge in [-0.15, -0.1) is 0 Å². The van der Waals surface area contributed by atoms with Crippen molar-refractivity contribution in [2.75, 3.05) is 6.54 Å². The molecule has 1 aromatic carbocycles. The smallest absolute Gasteiger partial charge is 0.412 e. The lowest BCUT2D eigenvalue weighted by Gasteiger charge is -2.33. The fourth-order valence-corrected chi connectivity index (χ4v) is 2.92. The van der Waals surface area contributed by atoms with Crippen molar-refractivity contribution in [1.82, 2.24) is 4.90 Å². The first-order valence-electron chi connectivity index (χ1n) is 7.96. The third-order valence-corrected chi connectivity index (χ3v) is 4.28. The zero-order valence-corrected chi connectivity index (χ0v) is 11.2. The summed E-state index contributed by atoms with van der Waals surface area (Å²) in [4.78, 5) is 12.8. The highest BCUT2D eigenvalue weighted by molar-refractivity contribution is 7.86. The van der Waals surface area contributed by atoms with E-state index in [1.165, 1.54) is 24.3 Å². The van der Waals surface area contributed by atoms with Crippen molar-refractivity contribution >= 4 is 16.2 Å². The lowest BCUT2D eigenvalue weighted by Crippen LogP contribution is -2.46. The van der Waals surface area contributed by atoms with E-state index in [-0.39, 0.29) is 18.9 Å². The maximum absolute atomic E-state index is 12.4. The van der Waals surface area contributed by atoms with E-state index in [4.69, 9.17) is 14.4 Å². The quantitative estimate of drug-likeness (QED) is 0.687. The Labute approximate surface area is 130 Å². The number of fused-ring (bicyclic) bond motifs is 5. The second kappa shape index (κ2) is 6.03. The lowest BCUT2D eigenvalue weighted by atomic mass is 10.1. The number of carbonyl (C=O) groups excluding carboxylic acids is 1. The Balaban J connectivity index is 0.00000225. The first-order valence-corrected chi connectivity index (χ1v) is 7.37. The van der Waals surface area contributed by atoms with Crippen LogP contribution in [0.4, 0.5) is 4.79 Å². The molecular weight excluding hydrogens is 294 g/mol. The summed E-state index contributed by atoms with van der Waals surface area (Å²) in [5.74, 6) is 0. The van der Waals surface area contributed by atoms with Gasteiger partial charge >= 0.3 is 6.09 Å². The van der Waals surface area contributed by atoms with Gasteiger partial charge in [-0.2, -0.15) is 8.42 Å². The summed E-state index contributed by atoms with van der Waals surface area (Å²) in [5, 5.41) is 0. The molecule has 116 valence electrons. The molecule has 3 heterocycles. The standard InChI is InChI=1S/C13H15NO5S.CH4/c15-13-14-8-2-1-3-12(14)19-20(16,17)11-6-4-10(5-7-11)9-18-13;/h4-7,12H,1-3,8-9H2;1H4/i2D2,3D2;. The van der Waals surface area contributed by atoms with Gasteiger partial charge in [0, 0.05) is 12.0 Å². The summed E-state index contributed by atoms with van der Waals surface area (Å²) in [6.45, 7) is -0.675. The molecule has 3 aliphatic rings. The third kappa shape index (κ3) is 3.19. The van der Waals surface area contributed by atoms with Crippen molar-refractivity contribution in [1.29, 1.82) is 0 Å². The molecule has 0 spiro atoms. The lowest BCUT2D eigenvalue weighted by molar-refractivity contribution is -0.00447. The molecule has 7 heteroatoms. The maximum Gasteiger partial charge on any atom is 0.412 e. The summed E-state index contributed by atoms with van der Waals surface area (Å²) in [6.07, 6.45) is -7.91. The minimum Gasteiger partial charge on any atom is -0.444 e. The molecule has 4 rings (SSSR count). The topological polar surface area (TPSA) is 72.9 Å². The summed E-state index contributed by atoms with van der Waals surface area (Å²) < 4.78 is 66.4. The predicted molar refractivity (Wildman–Crippen MR) is 76.0 cm³/mol. The van der Waals surface area contributed by atoms with Crippen molar-refractivity contribution in [3.63, 3.8) is 0 Å². The first kappa shape index (κ1) is 11.0. The molecule has 2 bridgehead atoms. The van der Waals surface area contributed by atoms with Crippen LogP contribution < -0.4 is 0 Å². The second-order valence-corrected chi connectivity index (χ2v) is 5.93. The molecule has 0 saturated carbocycles. The van der Waals surface area contributed by atoms with E-state index in [2.05, 4.69) is 0 Å². The Morgan fingerprint density at radius 2 is 2.00 bits per heavy atom. The molecule has 0 radical (unpaired) electrons. The Kier molecular flexibility index (Phi) is 3.17. The highest BCUT2D eigenvalue weighted by Crippen LogP contribution is 2.25. The zero-order chi connectivity index (χ0) is 17.8. The van der Waals surface area contributed by atoms with Gasteiger partial charge in [-0.05, 0) is 36.9 Å². The van der Waals surface area contributed by atoms with Crippen LogP contribution in [0.5, 0.6) is 0 Å². The number of hydrogen-bond acceptors (Lipinski definition) is 5. The van der Waals surface area contributed by atoms with Crippen LogP contribution in [0.15, 0.2) is 29.2 Å². The molecule has 1 aromatic rings. The van der Waals surface area contributed by atoms with Gasteiger partial charge in [-0.3, -0.25) is 4.90 Å². The van der Waals surface area contributed by atoms with E-state index in [9.17, 15) is 13.2 Å².